The van der Waals surface area contributed by atoms with Gasteiger partial charge < -0.3 is 14.6 Å². The Balaban J connectivity index is 2.57. The number of carboxylic acids is 1. The molecule has 0 saturated carbocycles. The van der Waals surface area contributed by atoms with Crippen molar-refractivity contribution in [2.45, 2.75) is 19.4 Å². The Labute approximate surface area is 63.5 Å². The van der Waals surface area contributed by atoms with Crippen molar-refractivity contribution in [3.63, 3.8) is 0 Å². The number of hydrogen-bond donors (Lipinski definition) is 0. The van der Waals surface area contributed by atoms with Gasteiger partial charge in [0.1, 0.15) is 6.10 Å². The lowest BCUT2D eigenvalue weighted by Gasteiger charge is -2.11. The number of ether oxygens (including phenoxy) is 1. The summed E-state index contributed by atoms with van der Waals surface area (Å²) in [4.78, 5) is 20.6. The van der Waals surface area contributed by atoms with Gasteiger partial charge in [0.2, 0.25) is 0 Å². The molecule has 0 spiro atoms. The molecule has 0 radical (unpaired) electrons. The molecule has 0 aliphatic carbocycles. The summed E-state index contributed by atoms with van der Waals surface area (Å²) in [6, 6.07) is 0. The van der Waals surface area contributed by atoms with Crippen LogP contribution in [-0.2, 0) is 14.3 Å². The maximum atomic E-state index is 10.5. The molecule has 0 saturated heterocycles. The average molecular weight is 155 g/mol. The van der Waals surface area contributed by atoms with E-state index in [0.717, 1.165) is 0 Å². The van der Waals surface area contributed by atoms with Gasteiger partial charge in [-0.25, -0.2) is 4.79 Å². The third kappa shape index (κ3) is 1.80. The Bertz CT molecular complexity index is 229. The van der Waals surface area contributed by atoms with Gasteiger partial charge >= 0.3 is 5.97 Å². The molecule has 0 aromatic rings. The van der Waals surface area contributed by atoms with Gasteiger partial charge in [-0.3, -0.25) is 0 Å². The van der Waals surface area contributed by atoms with Crippen LogP contribution in [0.1, 0.15) is 13.3 Å². The topological polar surface area (TPSA) is 66.4 Å². The summed E-state index contributed by atoms with van der Waals surface area (Å²) in [5.41, 5.74) is 0.638. The van der Waals surface area contributed by atoms with Crippen molar-refractivity contribution < 1.29 is 19.4 Å². The summed E-state index contributed by atoms with van der Waals surface area (Å²) < 4.78 is 4.63. The van der Waals surface area contributed by atoms with Crippen LogP contribution >= 0.6 is 0 Å². The number of rotatable bonds is 2. The third-order valence-electron chi connectivity index (χ3n) is 1.46. The summed E-state index contributed by atoms with van der Waals surface area (Å²) in [5.74, 6) is -1.69. The number of carbonyl (C=O) groups is 2. The van der Waals surface area contributed by atoms with Crippen molar-refractivity contribution in [3.8, 4) is 0 Å². The molecule has 1 unspecified atom stereocenters. The lowest BCUT2D eigenvalue weighted by atomic mass is 10.1. The van der Waals surface area contributed by atoms with Crippen molar-refractivity contribution in [2.75, 3.05) is 0 Å². The van der Waals surface area contributed by atoms with E-state index in [1.54, 1.807) is 6.92 Å². The minimum atomic E-state index is -1.21. The molecule has 11 heavy (non-hydrogen) atoms. The monoisotopic (exact) mass is 155 g/mol. The lowest BCUT2D eigenvalue weighted by molar-refractivity contribution is -0.306. The Morgan fingerprint density at radius 1 is 1.82 bits per heavy atom. The van der Waals surface area contributed by atoms with Crippen molar-refractivity contribution in [3.05, 3.63) is 11.6 Å². The number of cyclic esters (lactones) is 1. The van der Waals surface area contributed by atoms with Crippen LogP contribution in [0, 0.1) is 0 Å². The number of esters is 1. The van der Waals surface area contributed by atoms with Gasteiger partial charge in [0.25, 0.3) is 0 Å². The fourth-order valence-corrected chi connectivity index (χ4v) is 0.900. The Hall–Kier alpha value is -1.32. The first-order valence-corrected chi connectivity index (χ1v) is 3.18. The van der Waals surface area contributed by atoms with Crippen LogP contribution in [0.3, 0.4) is 0 Å². The zero-order valence-electron chi connectivity index (χ0n) is 5.99. The lowest BCUT2D eigenvalue weighted by Crippen LogP contribution is -2.28. The number of aliphatic carboxylic acids is 1. The molecule has 4 nitrogen and oxygen atoms in total. The molecule has 0 fully saturated rings. The molecule has 1 heterocycles. The first-order chi connectivity index (χ1) is 5.09. The second kappa shape index (κ2) is 2.74. The Morgan fingerprint density at radius 2 is 2.45 bits per heavy atom. The van der Waals surface area contributed by atoms with E-state index >= 15 is 0 Å². The van der Waals surface area contributed by atoms with Gasteiger partial charge in [-0.05, 0) is 12.5 Å². The van der Waals surface area contributed by atoms with E-state index in [1.807, 2.05) is 0 Å². The summed E-state index contributed by atoms with van der Waals surface area (Å²) in [7, 11) is 0. The van der Waals surface area contributed by atoms with Crippen LogP contribution in [0.4, 0.5) is 0 Å². The molecule has 0 aromatic heterocycles. The Kier molecular flexibility index (Phi) is 1.94. The fraction of sp³-hybridized carbons (Fsp3) is 0.429. The zero-order valence-corrected chi connectivity index (χ0v) is 5.99. The summed E-state index contributed by atoms with van der Waals surface area (Å²) in [5, 5.41) is 10.1. The minimum absolute atomic E-state index is 0.256. The van der Waals surface area contributed by atoms with Gasteiger partial charge in [0.05, 0.1) is 0 Å². The minimum Gasteiger partial charge on any atom is -0.550 e. The number of hydrogen-bond acceptors (Lipinski definition) is 4. The first kappa shape index (κ1) is 7.78. The van der Waals surface area contributed by atoms with Crippen LogP contribution in [-0.4, -0.2) is 18.0 Å². The van der Waals surface area contributed by atoms with Gasteiger partial charge in [-0.1, -0.05) is 0 Å². The number of carbonyl (C=O) groups excluding carboxylic acids is 2. The fourth-order valence-electron chi connectivity index (χ4n) is 0.900. The normalized spacial score (nSPS) is 22.8. The number of carboxylic acid groups (broad SMARTS) is 1. The molecule has 1 aliphatic heterocycles. The molecule has 0 N–H and O–H groups in total. The third-order valence-corrected chi connectivity index (χ3v) is 1.46. The van der Waals surface area contributed by atoms with Crippen molar-refractivity contribution in [2.24, 2.45) is 0 Å². The molecule has 0 amide bonds. The highest BCUT2D eigenvalue weighted by Crippen LogP contribution is 2.16. The first-order valence-electron chi connectivity index (χ1n) is 3.18. The molecule has 1 aliphatic rings. The van der Waals surface area contributed by atoms with E-state index in [1.165, 1.54) is 6.08 Å². The largest absolute Gasteiger partial charge is 0.550 e. The van der Waals surface area contributed by atoms with E-state index in [9.17, 15) is 14.7 Å². The van der Waals surface area contributed by atoms with Crippen LogP contribution < -0.4 is 5.11 Å². The highest BCUT2D eigenvalue weighted by molar-refractivity contribution is 5.86. The quantitative estimate of drug-likeness (QED) is 0.479. The molecular weight excluding hydrogens is 148 g/mol. The highest BCUT2D eigenvalue weighted by atomic mass is 16.5. The molecule has 0 aromatic carbocycles. The smallest absolute Gasteiger partial charge is 0.331 e. The van der Waals surface area contributed by atoms with E-state index < -0.39 is 18.0 Å². The SMILES string of the molecule is CC1=CC(=O)OC1CC(=O)[O-]. The summed E-state index contributed by atoms with van der Waals surface area (Å²) in [6.07, 6.45) is 0.411. The van der Waals surface area contributed by atoms with E-state index in [2.05, 4.69) is 4.74 Å². The second-order valence-corrected chi connectivity index (χ2v) is 2.39. The molecule has 0 bridgehead atoms. The molecular formula is C7H7O4-. The predicted molar refractivity (Wildman–Crippen MR) is 33.3 cm³/mol. The molecule has 4 heteroatoms. The second-order valence-electron chi connectivity index (χ2n) is 2.39. The molecule has 1 atom stereocenters. The molecule has 1 rings (SSSR count). The highest BCUT2D eigenvalue weighted by Gasteiger charge is 2.22. The van der Waals surface area contributed by atoms with Crippen LogP contribution in [0.5, 0.6) is 0 Å². The van der Waals surface area contributed by atoms with Gasteiger partial charge in [0, 0.05) is 18.5 Å². The van der Waals surface area contributed by atoms with Crippen LogP contribution in [0.25, 0.3) is 0 Å². The van der Waals surface area contributed by atoms with Crippen molar-refractivity contribution in [1.82, 2.24) is 0 Å². The maximum absolute atomic E-state index is 10.5. The standard InChI is InChI=1S/C7H8O4/c1-4-2-7(10)11-5(4)3-6(8)9/h2,5H,3H2,1H3,(H,8,9)/p-1. The molecule has 60 valence electrons. The van der Waals surface area contributed by atoms with Crippen LogP contribution in [0.15, 0.2) is 11.6 Å². The maximum Gasteiger partial charge on any atom is 0.331 e. The van der Waals surface area contributed by atoms with E-state index in [4.69, 9.17) is 0 Å². The van der Waals surface area contributed by atoms with Gasteiger partial charge in [-0.2, -0.15) is 0 Å². The predicted octanol–water partition coefficient (Wildman–Crippen LogP) is -1.00. The van der Waals surface area contributed by atoms with Crippen molar-refractivity contribution >= 4 is 11.9 Å². The summed E-state index contributed by atoms with van der Waals surface area (Å²) in [6.45, 7) is 1.65. The van der Waals surface area contributed by atoms with Gasteiger partial charge in [0.15, 0.2) is 0 Å². The zero-order chi connectivity index (χ0) is 8.43. The van der Waals surface area contributed by atoms with E-state index in [-0.39, 0.29) is 6.42 Å². The summed E-state index contributed by atoms with van der Waals surface area (Å²) >= 11 is 0. The van der Waals surface area contributed by atoms with Gasteiger partial charge in [-0.15, -0.1) is 0 Å². The average Bonchev–Trinajstić information content (AvgIpc) is 2.09. The van der Waals surface area contributed by atoms with E-state index in [0.29, 0.717) is 5.57 Å². The van der Waals surface area contributed by atoms with Crippen LogP contribution in [0.2, 0.25) is 0 Å². The van der Waals surface area contributed by atoms with Crippen molar-refractivity contribution in [1.29, 1.82) is 0 Å². The Morgan fingerprint density at radius 3 is 2.82 bits per heavy atom.